The van der Waals surface area contributed by atoms with Gasteiger partial charge in [-0.05, 0) is 12.2 Å². The summed E-state index contributed by atoms with van der Waals surface area (Å²) in [5, 5.41) is 0. The molecule has 2 nitrogen and oxygen atoms in total. The van der Waals surface area contributed by atoms with Crippen LogP contribution in [0.3, 0.4) is 0 Å². The Labute approximate surface area is 61.6 Å². The smallest absolute Gasteiger partial charge is 0.219 e. The van der Waals surface area contributed by atoms with Gasteiger partial charge in [0.1, 0.15) is 0 Å². The summed E-state index contributed by atoms with van der Waals surface area (Å²) >= 11 is 4.03. The number of carbonyl (C=O) groups excluding carboxylic acids is 1. The van der Waals surface area contributed by atoms with E-state index >= 15 is 0 Å². The van der Waals surface area contributed by atoms with Crippen LogP contribution >= 0.6 is 12.6 Å². The van der Waals surface area contributed by atoms with Crippen LogP contribution in [0.4, 0.5) is 0 Å². The van der Waals surface area contributed by atoms with Crippen molar-refractivity contribution in [3.05, 3.63) is 0 Å². The van der Waals surface area contributed by atoms with Gasteiger partial charge in [0.15, 0.2) is 0 Å². The second-order valence-electron chi connectivity index (χ2n) is 2.02. The van der Waals surface area contributed by atoms with Crippen molar-refractivity contribution in [3.8, 4) is 0 Å². The molecule has 3 heteroatoms. The molecule has 0 unspecified atom stereocenters. The predicted molar refractivity (Wildman–Crippen MR) is 41.8 cm³/mol. The van der Waals surface area contributed by atoms with Gasteiger partial charge < -0.3 is 4.90 Å². The molecule has 9 heavy (non-hydrogen) atoms. The molecule has 0 aliphatic rings. The van der Waals surface area contributed by atoms with Crippen LogP contribution in [-0.2, 0) is 4.79 Å². The maximum atomic E-state index is 10.6. The number of nitrogens with zero attached hydrogens (tertiary/aromatic N) is 1. The summed E-state index contributed by atoms with van der Waals surface area (Å²) in [6.45, 7) is 2.39. The van der Waals surface area contributed by atoms with Gasteiger partial charge in [0, 0.05) is 20.5 Å². The highest BCUT2D eigenvalue weighted by atomic mass is 32.1. The van der Waals surface area contributed by atoms with E-state index in [0.29, 0.717) is 0 Å². The van der Waals surface area contributed by atoms with Crippen LogP contribution in [0, 0.1) is 0 Å². The highest BCUT2D eigenvalue weighted by Crippen LogP contribution is 1.89. The van der Waals surface area contributed by atoms with Crippen molar-refractivity contribution in [1.82, 2.24) is 4.90 Å². The number of carbonyl (C=O) groups is 1. The molecule has 0 heterocycles. The van der Waals surface area contributed by atoms with E-state index in [2.05, 4.69) is 12.6 Å². The fraction of sp³-hybridized carbons (Fsp3) is 0.833. The van der Waals surface area contributed by atoms with Gasteiger partial charge in [0.2, 0.25) is 5.91 Å². The summed E-state index contributed by atoms with van der Waals surface area (Å²) in [6.07, 6.45) is 0.971. The van der Waals surface area contributed by atoms with Gasteiger partial charge in [-0.1, -0.05) is 0 Å². The van der Waals surface area contributed by atoms with E-state index in [9.17, 15) is 4.79 Å². The van der Waals surface area contributed by atoms with E-state index < -0.39 is 0 Å². The first-order valence-electron chi connectivity index (χ1n) is 3.01. The van der Waals surface area contributed by atoms with Crippen LogP contribution < -0.4 is 0 Å². The molecule has 0 aliphatic heterocycles. The fourth-order valence-electron chi connectivity index (χ4n) is 0.465. The maximum absolute atomic E-state index is 10.6. The average molecular weight is 147 g/mol. The minimum atomic E-state index is 0.122. The molecule has 0 N–H and O–H groups in total. The highest BCUT2D eigenvalue weighted by molar-refractivity contribution is 7.80. The lowest BCUT2D eigenvalue weighted by Gasteiger charge is -2.12. The van der Waals surface area contributed by atoms with E-state index in [-0.39, 0.29) is 5.91 Å². The molecule has 1 amide bonds. The van der Waals surface area contributed by atoms with Crippen LogP contribution in [0.5, 0.6) is 0 Å². The Morgan fingerprint density at radius 1 is 1.67 bits per heavy atom. The predicted octanol–water partition coefficient (Wildman–Crippen LogP) is 0.785. The fourth-order valence-corrected chi connectivity index (χ4v) is 0.607. The minimum absolute atomic E-state index is 0.122. The lowest BCUT2D eigenvalue weighted by atomic mass is 10.4. The summed E-state index contributed by atoms with van der Waals surface area (Å²) < 4.78 is 0. The van der Waals surface area contributed by atoms with Crippen LogP contribution in [-0.4, -0.2) is 30.2 Å². The molecule has 54 valence electrons. The summed E-state index contributed by atoms with van der Waals surface area (Å²) in [5.41, 5.74) is 0. The zero-order valence-corrected chi connectivity index (χ0v) is 6.82. The van der Waals surface area contributed by atoms with Gasteiger partial charge in [0.05, 0.1) is 0 Å². The average Bonchev–Trinajstić information content (AvgIpc) is 1.82. The van der Waals surface area contributed by atoms with E-state index in [0.717, 1.165) is 18.7 Å². The lowest BCUT2D eigenvalue weighted by Crippen LogP contribution is -2.24. The topological polar surface area (TPSA) is 20.3 Å². The first kappa shape index (κ1) is 8.82. The second-order valence-corrected chi connectivity index (χ2v) is 2.46. The molecule has 0 rings (SSSR count). The Morgan fingerprint density at radius 2 is 2.22 bits per heavy atom. The third-order valence-electron chi connectivity index (χ3n) is 1.19. The number of rotatable bonds is 3. The summed E-state index contributed by atoms with van der Waals surface area (Å²) in [4.78, 5) is 12.2. The number of amides is 1. The molecule has 0 aromatic rings. The zero-order valence-electron chi connectivity index (χ0n) is 5.92. The number of thiol groups is 1. The molecule has 0 aliphatic carbocycles. The normalized spacial score (nSPS) is 9.22. The van der Waals surface area contributed by atoms with Gasteiger partial charge in [-0.3, -0.25) is 4.79 Å². The van der Waals surface area contributed by atoms with Gasteiger partial charge in [-0.2, -0.15) is 12.6 Å². The lowest BCUT2D eigenvalue weighted by molar-refractivity contribution is -0.127. The summed E-state index contributed by atoms with van der Waals surface area (Å²) in [6, 6.07) is 0. The van der Waals surface area contributed by atoms with E-state index in [1.165, 1.54) is 0 Å². The third kappa shape index (κ3) is 4.33. The van der Waals surface area contributed by atoms with Gasteiger partial charge >= 0.3 is 0 Å². The summed E-state index contributed by atoms with van der Waals surface area (Å²) in [7, 11) is 1.80. The molecule has 0 fully saturated rings. The Hall–Kier alpha value is -0.180. The molecular weight excluding hydrogens is 134 g/mol. The van der Waals surface area contributed by atoms with Crippen molar-refractivity contribution in [1.29, 1.82) is 0 Å². The highest BCUT2D eigenvalue weighted by Gasteiger charge is 1.98. The number of hydrogen-bond acceptors (Lipinski definition) is 2. The molecule has 0 aromatic heterocycles. The monoisotopic (exact) mass is 147 g/mol. The standard InChI is InChI=1S/C6H13NOS/c1-6(8)7(2)4-3-5-9/h9H,3-5H2,1-2H3. The Bertz CT molecular complexity index is 95.1. The molecule has 0 atom stereocenters. The van der Waals surface area contributed by atoms with Crippen LogP contribution in [0.15, 0.2) is 0 Å². The number of hydrogen-bond donors (Lipinski definition) is 1. The first-order chi connectivity index (χ1) is 4.18. The van der Waals surface area contributed by atoms with E-state index in [4.69, 9.17) is 0 Å². The Morgan fingerprint density at radius 3 is 2.56 bits per heavy atom. The second kappa shape index (κ2) is 4.68. The van der Waals surface area contributed by atoms with Crippen molar-refractivity contribution in [2.45, 2.75) is 13.3 Å². The van der Waals surface area contributed by atoms with Gasteiger partial charge in [-0.15, -0.1) is 0 Å². The molecule has 0 radical (unpaired) electrons. The van der Waals surface area contributed by atoms with Gasteiger partial charge in [-0.25, -0.2) is 0 Å². The molecular formula is C6H13NOS. The van der Waals surface area contributed by atoms with Gasteiger partial charge in [0.25, 0.3) is 0 Å². The molecule has 0 aromatic carbocycles. The van der Waals surface area contributed by atoms with E-state index in [1.807, 2.05) is 0 Å². The Balaban J connectivity index is 3.27. The van der Waals surface area contributed by atoms with Crippen LogP contribution in [0.2, 0.25) is 0 Å². The SMILES string of the molecule is CC(=O)N(C)CCCS. The third-order valence-corrected chi connectivity index (χ3v) is 1.51. The van der Waals surface area contributed by atoms with Crippen molar-refractivity contribution in [2.24, 2.45) is 0 Å². The molecule has 0 saturated carbocycles. The molecule has 0 spiro atoms. The van der Waals surface area contributed by atoms with Crippen LogP contribution in [0.25, 0.3) is 0 Å². The maximum Gasteiger partial charge on any atom is 0.219 e. The first-order valence-corrected chi connectivity index (χ1v) is 3.64. The van der Waals surface area contributed by atoms with Crippen LogP contribution in [0.1, 0.15) is 13.3 Å². The van der Waals surface area contributed by atoms with Crippen molar-refractivity contribution >= 4 is 18.5 Å². The quantitative estimate of drug-likeness (QED) is 0.585. The van der Waals surface area contributed by atoms with Crippen molar-refractivity contribution in [2.75, 3.05) is 19.3 Å². The molecule has 0 saturated heterocycles. The Kier molecular flexibility index (Phi) is 4.58. The largest absolute Gasteiger partial charge is 0.346 e. The van der Waals surface area contributed by atoms with E-state index in [1.54, 1.807) is 18.9 Å². The minimum Gasteiger partial charge on any atom is -0.346 e. The van der Waals surface area contributed by atoms with Crippen molar-refractivity contribution in [3.63, 3.8) is 0 Å². The molecule has 0 bridgehead atoms. The van der Waals surface area contributed by atoms with Crippen molar-refractivity contribution < 1.29 is 4.79 Å². The zero-order chi connectivity index (χ0) is 7.28. The summed E-state index contributed by atoms with van der Waals surface area (Å²) in [5.74, 6) is 0.967.